The lowest BCUT2D eigenvalue weighted by Crippen LogP contribution is -2.45. The molecule has 0 saturated heterocycles. The summed E-state index contributed by atoms with van der Waals surface area (Å²) < 4.78 is 5.38. The number of fused-ring (bicyclic) bond motifs is 1. The van der Waals surface area contributed by atoms with Crippen LogP contribution >= 0.6 is 0 Å². The van der Waals surface area contributed by atoms with E-state index in [1.165, 1.54) is 0 Å². The third-order valence-electron chi connectivity index (χ3n) is 3.84. The van der Waals surface area contributed by atoms with Crippen LogP contribution in [-0.2, 0) is 10.3 Å². The highest BCUT2D eigenvalue weighted by atomic mass is 16.5. The number of carboxylic acids is 1. The average molecular weight is 264 g/mol. The Morgan fingerprint density at radius 3 is 2.79 bits per heavy atom. The summed E-state index contributed by atoms with van der Waals surface area (Å²) in [6.45, 7) is 2.65. The first-order valence-corrected chi connectivity index (χ1v) is 6.33. The molecule has 0 radical (unpaired) electrons. The van der Waals surface area contributed by atoms with Crippen molar-refractivity contribution in [2.45, 2.75) is 25.3 Å². The van der Waals surface area contributed by atoms with Gasteiger partial charge in [0.05, 0.1) is 12.8 Å². The molecule has 0 bridgehead atoms. The summed E-state index contributed by atoms with van der Waals surface area (Å²) in [6.07, 6.45) is 1.16. The zero-order valence-corrected chi connectivity index (χ0v) is 11.6. The van der Waals surface area contributed by atoms with Crippen LogP contribution in [0.3, 0.4) is 0 Å². The Balaban J connectivity index is 2.78. The van der Waals surface area contributed by atoms with Gasteiger partial charge in [-0.25, -0.2) is 4.79 Å². The van der Waals surface area contributed by atoms with Gasteiger partial charge in [-0.3, -0.25) is 0 Å². The van der Waals surface area contributed by atoms with Crippen molar-refractivity contribution in [3.63, 3.8) is 0 Å². The van der Waals surface area contributed by atoms with Gasteiger partial charge in [0.2, 0.25) is 0 Å². The summed E-state index contributed by atoms with van der Waals surface area (Å²) in [5.74, 6) is -0.318. The summed E-state index contributed by atoms with van der Waals surface area (Å²) in [6, 6.07) is 3.72. The highest BCUT2D eigenvalue weighted by Crippen LogP contribution is 2.43. The molecule has 0 fully saturated rings. The maximum absolute atomic E-state index is 11.7. The van der Waals surface area contributed by atoms with Gasteiger partial charge < -0.3 is 20.5 Å². The molecule has 5 heteroatoms. The summed E-state index contributed by atoms with van der Waals surface area (Å²) in [4.78, 5) is 13.7. The summed E-state index contributed by atoms with van der Waals surface area (Å²) in [5, 5.41) is 9.56. The van der Waals surface area contributed by atoms with Gasteiger partial charge in [-0.15, -0.1) is 0 Å². The number of aryl methyl sites for hydroxylation is 1. The molecule has 5 nitrogen and oxygen atoms in total. The molecule has 104 valence electrons. The second-order valence-corrected chi connectivity index (χ2v) is 5.11. The molecule has 19 heavy (non-hydrogen) atoms. The lowest BCUT2D eigenvalue weighted by atomic mass is 9.83. The van der Waals surface area contributed by atoms with Crippen LogP contribution in [0.1, 0.15) is 24.0 Å². The molecule has 2 rings (SSSR count). The van der Waals surface area contributed by atoms with E-state index in [-0.39, 0.29) is 0 Å². The van der Waals surface area contributed by atoms with Gasteiger partial charge >= 0.3 is 5.97 Å². The number of benzene rings is 1. The summed E-state index contributed by atoms with van der Waals surface area (Å²) >= 11 is 0. The number of carbonyl (C=O) groups is 1. The molecule has 1 aliphatic heterocycles. The fourth-order valence-electron chi connectivity index (χ4n) is 2.83. The Kier molecular flexibility index (Phi) is 3.41. The van der Waals surface area contributed by atoms with Crippen LogP contribution in [0.4, 0.5) is 5.69 Å². The van der Waals surface area contributed by atoms with Crippen molar-refractivity contribution in [1.29, 1.82) is 0 Å². The molecular formula is C14H20N2O3. The molecule has 0 aromatic heterocycles. The van der Waals surface area contributed by atoms with Crippen LogP contribution in [0.5, 0.6) is 5.75 Å². The third-order valence-corrected chi connectivity index (χ3v) is 3.84. The molecule has 0 aliphatic carbocycles. The number of ether oxygens (including phenoxy) is 1. The molecule has 1 heterocycles. The molecule has 1 aromatic rings. The van der Waals surface area contributed by atoms with Crippen molar-refractivity contribution < 1.29 is 14.6 Å². The fraction of sp³-hybridized carbons (Fsp3) is 0.500. The Bertz CT molecular complexity index is 516. The van der Waals surface area contributed by atoms with Gasteiger partial charge in [0, 0.05) is 19.2 Å². The highest BCUT2D eigenvalue weighted by Gasteiger charge is 2.42. The molecule has 0 spiro atoms. The predicted molar refractivity (Wildman–Crippen MR) is 73.7 cm³/mol. The Morgan fingerprint density at radius 2 is 2.21 bits per heavy atom. The van der Waals surface area contributed by atoms with Crippen molar-refractivity contribution in [2.75, 3.05) is 25.6 Å². The van der Waals surface area contributed by atoms with E-state index in [0.717, 1.165) is 24.2 Å². The maximum atomic E-state index is 11.7. The zero-order chi connectivity index (χ0) is 14.2. The van der Waals surface area contributed by atoms with Gasteiger partial charge in [0.1, 0.15) is 11.3 Å². The number of rotatable bonds is 2. The monoisotopic (exact) mass is 264 g/mol. The molecule has 3 N–H and O–H groups in total. The largest absolute Gasteiger partial charge is 0.495 e. The maximum Gasteiger partial charge on any atom is 0.328 e. The predicted octanol–water partition coefficient (Wildman–Crippen LogP) is 1.47. The lowest BCUT2D eigenvalue weighted by molar-refractivity contribution is -0.144. The molecule has 0 saturated carbocycles. The van der Waals surface area contributed by atoms with Gasteiger partial charge in [-0.1, -0.05) is 6.07 Å². The number of nitrogens with zero attached hydrogens (tertiary/aromatic N) is 1. The minimum atomic E-state index is -1.35. The van der Waals surface area contributed by atoms with Crippen LogP contribution in [0.25, 0.3) is 0 Å². The van der Waals surface area contributed by atoms with E-state index in [2.05, 4.69) is 0 Å². The van der Waals surface area contributed by atoms with Crippen molar-refractivity contribution in [1.82, 2.24) is 0 Å². The number of hydrogen-bond donors (Lipinski definition) is 2. The zero-order valence-electron chi connectivity index (χ0n) is 11.6. The van der Waals surface area contributed by atoms with E-state index in [1.54, 1.807) is 7.11 Å². The number of nitrogens with two attached hydrogens (primary N) is 1. The number of hydrogen-bond acceptors (Lipinski definition) is 4. The van der Waals surface area contributed by atoms with Gasteiger partial charge in [0.25, 0.3) is 0 Å². The molecule has 1 atom stereocenters. The second-order valence-electron chi connectivity index (χ2n) is 5.11. The lowest BCUT2D eigenvalue weighted by Gasteiger charge is -2.29. The minimum Gasteiger partial charge on any atom is -0.495 e. The first-order valence-electron chi connectivity index (χ1n) is 6.33. The molecule has 1 unspecified atom stereocenters. The smallest absolute Gasteiger partial charge is 0.328 e. The Morgan fingerprint density at radius 1 is 1.53 bits per heavy atom. The van der Waals surface area contributed by atoms with Crippen molar-refractivity contribution in [3.8, 4) is 5.75 Å². The van der Waals surface area contributed by atoms with Gasteiger partial charge in [-0.2, -0.15) is 0 Å². The first-order chi connectivity index (χ1) is 8.91. The van der Waals surface area contributed by atoms with E-state index >= 15 is 0 Å². The van der Waals surface area contributed by atoms with Gasteiger partial charge in [-0.05, 0) is 31.4 Å². The normalized spacial score (nSPS) is 22.6. The number of carboxylic acid groups (broad SMARTS) is 1. The van der Waals surface area contributed by atoms with Crippen molar-refractivity contribution in [3.05, 3.63) is 23.3 Å². The van der Waals surface area contributed by atoms with Crippen LogP contribution in [0.2, 0.25) is 0 Å². The fourth-order valence-corrected chi connectivity index (χ4v) is 2.83. The Labute approximate surface area is 113 Å². The van der Waals surface area contributed by atoms with E-state index in [4.69, 9.17) is 10.5 Å². The molecule has 0 amide bonds. The minimum absolute atomic E-state index is 0.424. The Hall–Kier alpha value is -1.75. The summed E-state index contributed by atoms with van der Waals surface area (Å²) in [7, 11) is 3.52. The van der Waals surface area contributed by atoms with E-state index in [9.17, 15) is 9.90 Å². The number of methoxy groups -OCH3 is 1. The number of anilines is 1. The van der Waals surface area contributed by atoms with E-state index in [0.29, 0.717) is 17.7 Å². The topological polar surface area (TPSA) is 75.8 Å². The average Bonchev–Trinajstić information content (AvgIpc) is 2.50. The molecular weight excluding hydrogens is 244 g/mol. The molecule has 1 aromatic carbocycles. The van der Waals surface area contributed by atoms with Crippen LogP contribution < -0.4 is 15.4 Å². The third kappa shape index (κ3) is 2.04. The van der Waals surface area contributed by atoms with Gasteiger partial charge in [0.15, 0.2) is 0 Å². The number of aliphatic carboxylic acids is 1. The standard InChI is InChI=1S/C14H20N2O3/c1-9-5-6-10(19-3)12-11(9)14(15,13(17)18)7-4-8-16(12)2/h5-6H,4,7-8,15H2,1-3H3,(H,17,18). The van der Waals surface area contributed by atoms with Crippen molar-refractivity contribution in [2.24, 2.45) is 5.73 Å². The second kappa shape index (κ2) is 4.74. The van der Waals surface area contributed by atoms with E-state index < -0.39 is 11.5 Å². The highest BCUT2D eigenvalue weighted by molar-refractivity contribution is 5.86. The van der Waals surface area contributed by atoms with Crippen LogP contribution in [0.15, 0.2) is 12.1 Å². The quantitative estimate of drug-likeness (QED) is 0.846. The SMILES string of the molecule is COc1ccc(C)c2c1N(C)CCCC2(N)C(=O)O. The molecule has 1 aliphatic rings. The summed E-state index contributed by atoms with van der Waals surface area (Å²) in [5.41, 5.74) is 7.22. The van der Waals surface area contributed by atoms with Crippen LogP contribution in [-0.4, -0.2) is 31.8 Å². The van der Waals surface area contributed by atoms with E-state index in [1.807, 2.05) is 31.0 Å². The van der Waals surface area contributed by atoms with Crippen LogP contribution in [0, 0.1) is 6.92 Å². The van der Waals surface area contributed by atoms with Crippen molar-refractivity contribution >= 4 is 11.7 Å². The first kappa shape index (κ1) is 13.7.